The second-order valence-corrected chi connectivity index (χ2v) is 8.15. The van der Waals surface area contributed by atoms with Crippen molar-refractivity contribution in [2.24, 2.45) is 5.92 Å². The number of benzene rings is 1. The molecular weight excluding hydrogens is 340 g/mol. The van der Waals surface area contributed by atoms with E-state index in [2.05, 4.69) is 51.7 Å². The maximum atomic E-state index is 5.34. The maximum absolute atomic E-state index is 5.34. The Labute approximate surface area is 162 Å². The molecule has 0 bridgehead atoms. The van der Waals surface area contributed by atoms with Crippen molar-refractivity contribution in [3.63, 3.8) is 0 Å². The van der Waals surface area contributed by atoms with Gasteiger partial charge in [-0.15, -0.1) is 0 Å². The summed E-state index contributed by atoms with van der Waals surface area (Å²) >= 11 is 1.80. The molecule has 1 aliphatic rings. The molecule has 4 heteroatoms. The molecule has 142 valence electrons. The number of nitrogens with zero attached hydrogens (tertiary/aromatic N) is 2. The van der Waals surface area contributed by atoms with Crippen molar-refractivity contribution in [3.8, 4) is 5.75 Å². The van der Waals surface area contributed by atoms with E-state index in [-0.39, 0.29) is 0 Å². The third kappa shape index (κ3) is 5.83. The molecule has 26 heavy (non-hydrogen) atoms. The quantitative estimate of drug-likeness (QED) is 0.643. The number of thiophene rings is 1. The van der Waals surface area contributed by atoms with E-state index in [1.807, 2.05) is 6.07 Å². The van der Waals surface area contributed by atoms with Gasteiger partial charge in [-0.3, -0.25) is 4.90 Å². The number of ether oxygens (including phenoxy) is 1. The molecule has 0 radical (unpaired) electrons. The second kappa shape index (κ2) is 10.1. The van der Waals surface area contributed by atoms with Crippen LogP contribution >= 0.6 is 11.3 Å². The van der Waals surface area contributed by atoms with E-state index in [1.54, 1.807) is 18.4 Å². The first-order valence-corrected chi connectivity index (χ1v) is 10.8. The van der Waals surface area contributed by atoms with Gasteiger partial charge < -0.3 is 9.64 Å². The summed E-state index contributed by atoms with van der Waals surface area (Å²) in [6.07, 6.45) is 3.81. The van der Waals surface area contributed by atoms with Crippen LogP contribution in [0.4, 0.5) is 0 Å². The third-order valence-corrected chi connectivity index (χ3v) is 6.14. The number of rotatable bonds is 9. The van der Waals surface area contributed by atoms with Crippen LogP contribution in [0, 0.1) is 5.92 Å². The van der Waals surface area contributed by atoms with Gasteiger partial charge in [0.15, 0.2) is 0 Å². The highest BCUT2D eigenvalue weighted by Gasteiger charge is 2.21. The Balaban J connectivity index is 1.47. The molecule has 1 saturated heterocycles. The smallest absolute Gasteiger partial charge is 0.119 e. The summed E-state index contributed by atoms with van der Waals surface area (Å²) in [6.45, 7) is 9.38. The maximum Gasteiger partial charge on any atom is 0.119 e. The van der Waals surface area contributed by atoms with E-state index in [0.29, 0.717) is 0 Å². The fraction of sp³-hybridized carbons (Fsp3) is 0.545. The minimum Gasteiger partial charge on any atom is -0.497 e. The van der Waals surface area contributed by atoms with E-state index >= 15 is 0 Å². The molecule has 0 spiro atoms. The Hall–Kier alpha value is -1.36. The SMILES string of the molecule is CCN(Cc1ccsc1)C[C@@H]1CCCN(CCc2cccc(OC)c2)C1. The van der Waals surface area contributed by atoms with Gasteiger partial charge >= 0.3 is 0 Å². The lowest BCUT2D eigenvalue weighted by Gasteiger charge is -2.35. The third-order valence-electron chi connectivity index (χ3n) is 5.40. The van der Waals surface area contributed by atoms with Crippen molar-refractivity contribution >= 4 is 11.3 Å². The number of likely N-dealkylation sites (tertiary alicyclic amines) is 1. The molecule has 0 saturated carbocycles. The topological polar surface area (TPSA) is 15.7 Å². The summed E-state index contributed by atoms with van der Waals surface area (Å²) in [4.78, 5) is 5.27. The Morgan fingerprint density at radius 3 is 2.96 bits per heavy atom. The highest BCUT2D eigenvalue weighted by Crippen LogP contribution is 2.20. The lowest BCUT2D eigenvalue weighted by molar-refractivity contribution is 0.133. The van der Waals surface area contributed by atoms with Crippen LogP contribution in [0.5, 0.6) is 5.75 Å². The molecule has 3 rings (SSSR count). The van der Waals surface area contributed by atoms with Gasteiger partial charge in [0.1, 0.15) is 5.75 Å². The largest absolute Gasteiger partial charge is 0.497 e. The van der Waals surface area contributed by atoms with Crippen molar-refractivity contribution in [1.82, 2.24) is 9.80 Å². The van der Waals surface area contributed by atoms with Gasteiger partial charge in [-0.25, -0.2) is 0 Å². The minimum absolute atomic E-state index is 0.799. The molecular formula is C22H32N2OS. The predicted octanol–water partition coefficient (Wildman–Crippen LogP) is 4.53. The monoisotopic (exact) mass is 372 g/mol. The number of piperidine rings is 1. The summed E-state index contributed by atoms with van der Waals surface area (Å²) < 4.78 is 5.34. The van der Waals surface area contributed by atoms with Crippen molar-refractivity contribution in [3.05, 3.63) is 52.2 Å². The zero-order chi connectivity index (χ0) is 18.2. The molecule has 0 aliphatic carbocycles. The lowest BCUT2D eigenvalue weighted by atomic mass is 9.96. The van der Waals surface area contributed by atoms with Crippen molar-refractivity contribution in [1.29, 1.82) is 0 Å². The van der Waals surface area contributed by atoms with Crippen LogP contribution in [0.2, 0.25) is 0 Å². The highest BCUT2D eigenvalue weighted by molar-refractivity contribution is 7.07. The molecule has 1 fully saturated rings. The average molecular weight is 373 g/mol. The molecule has 1 aliphatic heterocycles. The number of hydrogen-bond acceptors (Lipinski definition) is 4. The zero-order valence-electron chi connectivity index (χ0n) is 16.2. The first kappa shape index (κ1) is 19.4. The summed E-state index contributed by atoms with van der Waals surface area (Å²) in [7, 11) is 1.74. The molecule has 1 aromatic carbocycles. The molecule has 1 atom stereocenters. The molecule has 3 nitrogen and oxygen atoms in total. The number of methoxy groups -OCH3 is 1. The van der Waals surface area contributed by atoms with Crippen LogP contribution in [0.15, 0.2) is 41.1 Å². The van der Waals surface area contributed by atoms with Crippen LogP contribution < -0.4 is 4.74 Å². The van der Waals surface area contributed by atoms with Gasteiger partial charge in [0.25, 0.3) is 0 Å². The van der Waals surface area contributed by atoms with Crippen LogP contribution in [0.1, 0.15) is 30.9 Å². The van der Waals surface area contributed by atoms with Gasteiger partial charge in [-0.2, -0.15) is 11.3 Å². The van der Waals surface area contributed by atoms with Crippen LogP contribution in [-0.2, 0) is 13.0 Å². The summed E-state index contributed by atoms with van der Waals surface area (Å²) in [5.74, 6) is 1.76. The standard InChI is InChI=1S/C22H32N2OS/c1-3-23(17-21-10-13-26-18-21)15-20-7-5-11-24(16-20)12-9-19-6-4-8-22(14-19)25-2/h4,6,8,10,13-14,18,20H,3,5,7,9,11-12,15-17H2,1-2H3/t20-/m0/s1. The van der Waals surface area contributed by atoms with Gasteiger partial charge in [-0.1, -0.05) is 19.1 Å². The fourth-order valence-electron chi connectivity index (χ4n) is 3.93. The van der Waals surface area contributed by atoms with Crippen LogP contribution in [0.25, 0.3) is 0 Å². The van der Waals surface area contributed by atoms with E-state index in [4.69, 9.17) is 4.74 Å². The highest BCUT2D eigenvalue weighted by atomic mass is 32.1. The predicted molar refractivity (Wildman–Crippen MR) is 111 cm³/mol. The van der Waals surface area contributed by atoms with Crippen molar-refractivity contribution in [2.45, 2.75) is 32.7 Å². The zero-order valence-corrected chi connectivity index (χ0v) is 17.0. The fourth-order valence-corrected chi connectivity index (χ4v) is 4.59. The lowest BCUT2D eigenvalue weighted by Crippen LogP contribution is -2.41. The van der Waals surface area contributed by atoms with Gasteiger partial charge in [0.05, 0.1) is 7.11 Å². The molecule has 0 N–H and O–H groups in total. The van der Waals surface area contributed by atoms with Gasteiger partial charge in [-0.05, 0) is 78.4 Å². The first-order chi connectivity index (χ1) is 12.8. The van der Waals surface area contributed by atoms with E-state index < -0.39 is 0 Å². The van der Waals surface area contributed by atoms with E-state index in [9.17, 15) is 0 Å². The average Bonchev–Trinajstić information content (AvgIpc) is 3.19. The Morgan fingerprint density at radius 1 is 1.27 bits per heavy atom. The molecule has 1 aromatic heterocycles. The Bertz CT molecular complexity index is 643. The molecule has 2 heterocycles. The van der Waals surface area contributed by atoms with Crippen molar-refractivity contribution in [2.75, 3.05) is 39.8 Å². The molecule has 2 aromatic rings. The summed E-state index contributed by atoms with van der Waals surface area (Å²) in [5, 5.41) is 4.47. The Morgan fingerprint density at radius 2 is 2.19 bits per heavy atom. The van der Waals surface area contributed by atoms with E-state index in [1.165, 1.54) is 43.6 Å². The normalized spacial score (nSPS) is 18.3. The van der Waals surface area contributed by atoms with Gasteiger partial charge in [0.2, 0.25) is 0 Å². The summed E-state index contributed by atoms with van der Waals surface area (Å²) in [5.41, 5.74) is 2.83. The number of hydrogen-bond donors (Lipinski definition) is 0. The Kier molecular flexibility index (Phi) is 7.54. The first-order valence-electron chi connectivity index (χ1n) is 9.85. The second-order valence-electron chi connectivity index (χ2n) is 7.37. The van der Waals surface area contributed by atoms with Crippen LogP contribution in [-0.4, -0.2) is 49.6 Å². The van der Waals surface area contributed by atoms with E-state index in [0.717, 1.165) is 37.7 Å². The van der Waals surface area contributed by atoms with Crippen LogP contribution in [0.3, 0.4) is 0 Å². The minimum atomic E-state index is 0.799. The van der Waals surface area contributed by atoms with Gasteiger partial charge in [0, 0.05) is 26.2 Å². The molecule has 0 unspecified atom stereocenters. The van der Waals surface area contributed by atoms with Crippen molar-refractivity contribution < 1.29 is 4.74 Å². The summed E-state index contributed by atoms with van der Waals surface area (Å²) in [6, 6.07) is 10.8. The molecule has 0 amide bonds.